The standard InChI is InChI=1S/C17H16ClNO/c1-11-3-6-14(7-4-11)19-12(2)9-15-16(19)8-5-13(10-20)17(15)18/h3-4,6-7,9-10H,5,8H2,1-2H3. The molecule has 0 spiro atoms. The lowest BCUT2D eigenvalue weighted by Gasteiger charge is -2.17. The van der Waals surface area contributed by atoms with Crippen LogP contribution in [0.4, 0.5) is 0 Å². The monoisotopic (exact) mass is 285 g/mol. The second kappa shape index (κ2) is 4.95. The van der Waals surface area contributed by atoms with E-state index in [0.717, 1.165) is 29.7 Å². The lowest BCUT2D eigenvalue weighted by atomic mass is 9.98. The van der Waals surface area contributed by atoms with Gasteiger partial charge in [-0.2, -0.15) is 0 Å². The number of allylic oxidation sites excluding steroid dienone is 1. The summed E-state index contributed by atoms with van der Waals surface area (Å²) < 4.78 is 2.23. The first kappa shape index (κ1) is 13.2. The SMILES string of the molecule is Cc1ccc(-n2c(C)cc3c2CCC(C=O)=C3Cl)cc1. The summed E-state index contributed by atoms with van der Waals surface area (Å²) in [5.74, 6) is 0. The van der Waals surface area contributed by atoms with Gasteiger partial charge < -0.3 is 4.57 Å². The molecule has 2 nitrogen and oxygen atoms in total. The third-order valence-electron chi connectivity index (χ3n) is 3.87. The summed E-state index contributed by atoms with van der Waals surface area (Å²) in [7, 11) is 0. The molecule has 0 unspecified atom stereocenters. The summed E-state index contributed by atoms with van der Waals surface area (Å²) in [5, 5.41) is 0.607. The van der Waals surface area contributed by atoms with E-state index < -0.39 is 0 Å². The number of carbonyl (C=O) groups excluding carboxylic acids is 1. The Morgan fingerprint density at radius 3 is 2.50 bits per heavy atom. The van der Waals surface area contributed by atoms with Crippen molar-refractivity contribution >= 4 is 22.9 Å². The fourth-order valence-corrected chi connectivity index (χ4v) is 3.13. The van der Waals surface area contributed by atoms with Crippen LogP contribution in [0.2, 0.25) is 0 Å². The van der Waals surface area contributed by atoms with Crippen molar-refractivity contribution in [2.45, 2.75) is 26.7 Å². The molecule has 0 radical (unpaired) electrons. The number of halogens is 1. The lowest BCUT2D eigenvalue weighted by molar-refractivity contribution is -0.105. The Kier molecular flexibility index (Phi) is 3.27. The summed E-state index contributed by atoms with van der Waals surface area (Å²) in [6.07, 6.45) is 2.44. The summed E-state index contributed by atoms with van der Waals surface area (Å²) >= 11 is 6.35. The van der Waals surface area contributed by atoms with Crippen molar-refractivity contribution in [1.29, 1.82) is 0 Å². The number of fused-ring (bicyclic) bond motifs is 1. The van der Waals surface area contributed by atoms with Gasteiger partial charge in [-0.15, -0.1) is 0 Å². The minimum absolute atomic E-state index is 0.607. The summed E-state index contributed by atoms with van der Waals surface area (Å²) in [6, 6.07) is 10.5. The zero-order valence-electron chi connectivity index (χ0n) is 11.6. The van der Waals surface area contributed by atoms with Gasteiger partial charge in [-0.3, -0.25) is 4.79 Å². The molecule has 0 atom stereocenters. The van der Waals surface area contributed by atoms with Gasteiger partial charge in [-0.05, 0) is 44.9 Å². The van der Waals surface area contributed by atoms with Crippen LogP contribution in [0.15, 0.2) is 35.9 Å². The van der Waals surface area contributed by atoms with Crippen LogP contribution in [-0.4, -0.2) is 10.9 Å². The van der Waals surface area contributed by atoms with Gasteiger partial charge >= 0.3 is 0 Å². The van der Waals surface area contributed by atoms with Crippen LogP contribution in [0, 0.1) is 13.8 Å². The van der Waals surface area contributed by atoms with Crippen molar-refractivity contribution < 1.29 is 4.79 Å². The number of aryl methyl sites for hydroxylation is 2. The van der Waals surface area contributed by atoms with E-state index in [1.54, 1.807) is 0 Å². The predicted octanol–water partition coefficient (Wildman–Crippen LogP) is 4.19. The number of carbonyl (C=O) groups is 1. The summed E-state index contributed by atoms with van der Waals surface area (Å²) in [5.41, 5.74) is 6.44. The maximum absolute atomic E-state index is 11.0. The molecule has 20 heavy (non-hydrogen) atoms. The first-order valence-corrected chi connectivity index (χ1v) is 7.12. The average Bonchev–Trinajstić information content (AvgIpc) is 2.78. The molecule has 1 heterocycles. The predicted molar refractivity (Wildman–Crippen MR) is 82.4 cm³/mol. The Hall–Kier alpha value is -1.80. The Morgan fingerprint density at radius 1 is 1.15 bits per heavy atom. The van der Waals surface area contributed by atoms with Gasteiger partial charge in [0, 0.05) is 28.2 Å². The molecule has 0 aliphatic heterocycles. The minimum Gasteiger partial charge on any atom is -0.318 e. The maximum Gasteiger partial charge on any atom is 0.147 e. The van der Waals surface area contributed by atoms with Gasteiger partial charge in [0.1, 0.15) is 6.29 Å². The van der Waals surface area contributed by atoms with Crippen LogP contribution >= 0.6 is 11.6 Å². The fraction of sp³-hybridized carbons (Fsp3) is 0.235. The zero-order chi connectivity index (χ0) is 14.3. The molecule has 1 aliphatic carbocycles. The van der Waals surface area contributed by atoms with Gasteiger partial charge in [0.25, 0.3) is 0 Å². The van der Waals surface area contributed by atoms with Crippen LogP contribution in [0.3, 0.4) is 0 Å². The van der Waals surface area contributed by atoms with E-state index in [1.165, 1.54) is 11.3 Å². The molecule has 1 aliphatic rings. The maximum atomic E-state index is 11.0. The molecule has 0 amide bonds. The van der Waals surface area contributed by atoms with Gasteiger partial charge in [-0.25, -0.2) is 0 Å². The highest BCUT2D eigenvalue weighted by Gasteiger charge is 2.22. The van der Waals surface area contributed by atoms with Crippen LogP contribution in [-0.2, 0) is 11.2 Å². The number of nitrogens with zero attached hydrogens (tertiary/aromatic N) is 1. The highest BCUT2D eigenvalue weighted by molar-refractivity contribution is 6.50. The molecular weight excluding hydrogens is 270 g/mol. The molecule has 102 valence electrons. The van der Waals surface area contributed by atoms with E-state index in [0.29, 0.717) is 17.0 Å². The number of hydrogen-bond acceptors (Lipinski definition) is 1. The van der Waals surface area contributed by atoms with Gasteiger partial charge in [0.05, 0.1) is 5.03 Å². The second-order valence-electron chi connectivity index (χ2n) is 5.27. The molecular formula is C17H16ClNO. The van der Waals surface area contributed by atoms with E-state index in [4.69, 9.17) is 11.6 Å². The summed E-state index contributed by atoms with van der Waals surface area (Å²) in [6.45, 7) is 4.15. The van der Waals surface area contributed by atoms with Crippen molar-refractivity contribution in [3.8, 4) is 5.69 Å². The normalized spacial score (nSPS) is 14.3. The first-order valence-electron chi connectivity index (χ1n) is 6.74. The van der Waals surface area contributed by atoms with Gasteiger partial charge in [-0.1, -0.05) is 29.3 Å². The van der Waals surface area contributed by atoms with Gasteiger partial charge in [0.15, 0.2) is 0 Å². The number of aldehydes is 1. The van der Waals surface area contributed by atoms with Crippen molar-refractivity contribution in [2.24, 2.45) is 0 Å². The van der Waals surface area contributed by atoms with Crippen LogP contribution < -0.4 is 0 Å². The quantitative estimate of drug-likeness (QED) is 0.759. The topological polar surface area (TPSA) is 22.0 Å². The van der Waals surface area contributed by atoms with E-state index in [-0.39, 0.29) is 0 Å². The number of benzene rings is 1. The van der Waals surface area contributed by atoms with Crippen molar-refractivity contribution in [3.05, 3.63) is 58.4 Å². The summed E-state index contributed by atoms with van der Waals surface area (Å²) in [4.78, 5) is 11.0. The highest BCUT2D eigenvalue weighted by atomic mass is 35.5. The van der Waals surface area contributed by atoms with E-state index in [1.807, 2.05) is 0 Å². The van der Waals surface area contributed by atoms with E-state index in [9.17, 15) is 4.79 Å². The Bertz CT molecular complexity index is 707. The highest BCUT2D eigenvalue weighted by Crippen LogP contribution is 2.36. The van der Waals surface area contributed by atoms with E-state index >= 15 is 0 Å². The lowest BCUT2D eigenvalue weighted by Crippen LogP contribution is -2.08. The largest absolute Gasteiger partial charge is 0.318 e. The van der Waals surface area contributed by atoms with Crippen LogP contribution in [0.5, 0.6) is 0 Å². The first-order chi connectivity index (χ1) is 9.61. The third kappa shape index (κ3) is 2.01. The molecule has 0 N–H and O–H groups in total. The molecule has 1 aromatic heterocycles. The molecule has 3 heteroatoms. The number of hydrogen-bond donors (Lipinski definition) is 0. The van der Waals surface area contributed by atoms with Crippen LogP contribution in [0.25, 0.3) is 10.7 Å². The Morgan fingerprint density at radius 2 is 1.85 bits per heavy atom. The molecule has 0 saturated carbocycles. The average molecular weight is 286 g/mol. The molecule has 1 aromatic carbocycles. The number of aromatic nitrogens is 1. The van der Waals surface area contributed by atoms with Crippen molar-refractivity contribution in [1.82, 2.24) is 4.57 Å². The zero-order valence-corrected chi connectivity index (χ0v) is 12.4. The fourth-order valence-electron chi connectivity index (χ4n) is 2.83. The van der Waals surface area contributed by atoms with Crippen molar-refractivity contribution in [3.63, 3.8) is 0 Å². The Labute approximate surface area is 123 Å². The third-order valence-corrected chi connectivity index (χ3v) is 4.32. The molecule has 0 bridgehead atoms. The molecule has 3 rings (SSSR count). The smallest absolute Gasteiger partial charge is 0.147 e. The molecule has 0 fully saturated rings. The number of rotatable bonds is 2. The Balaban J connectivity index is 2.18. The van der Waals surface area contributed by atoms with Crippen LogP contribution in [0.1, 0.15) is 28.9 Å². The second-order valence-corrected chi connectivity index (χ2v) is 5.65. The van der Waals surface area contributed by atoms with Gasteiger partial charge in [0.2, 0.25) is 0 Å². The minimum atomic E-state index is 0.607. The van der Waals surface area contributed by atoms with Crippen molar-refractivity contribution in [2.75, 3.05) is 0 Å². The van der Waals surface area contributed by atoms with E-state index in [2.05, 4.69) is 48.7 Å². The molecule has 0 saturated heterocycles. The molecule has 2 aromatic rings.